The smallest absolute Gasteiger partial charge is 0.122 e. The molecule has 1 saturated heterocycles. The lowest BCUT2D eigenvalue weighted by Gasteiger charge is -2.33. The minimum Gasteiger partial charge on any atom is -0.386 e. The van der Waals surface area contributed by atoms with Gasteiger partial charge in [0, 0.05) is 30.7 Å². The molecule has 0 bridgehead atoms. The summed E-state index contributed by atoms with van der Waals surface area (Å²) in [6, 6.07) is 0.235. The van der Waals surface area contributed by atoms with Crippen molar-refractivity contribution in [1.82, 2.24) is 15.6 Å². The third kappa shape index (κ3) is 4.40. The van der Waals surface area contributed by atoms with Crippen LogP contribution in [0.5, 0.6) is 0 Å². The van der Waals surface area contributed by atoms with Gasteiger partial charge in [-0.2, -0.15) is 5.10 Å². The minimum absolute atomic E-state index is 0.154. The molecule has 2 fully saturated rings. The number of hydrogen-bond donors (Lipinski definition) is 2. The van der Waals surface area contributed by atoms with Gasteiger partial charge >= 0.3 is 0 Å². The van der Waals surface area contributed by atoms with Crippen LogP contribution < -0.4 is 10.7 Å². The molecular weight excluding hydrogens is 358 g/mol. The van der Waals surface area contributed by atoms with Crippen LogP contribution in [-0.2, 0) is 0 Å². The summed E-state index contributed by atoms with van der Waals surface area (Å²) >= 11 is 6.27. The van der Waals surface area contributed by atoms with Crippen molar-refractivity contribution in [2.75, 3.05) is 13.1 Å². The number of nitrogens with zero attached hydrogens (tertiary/aromatic N) is 2. The van der Waals surface area contributed by atoms with E-state index in [0.717, 1.165) is 18.5 Å². The summed E-state index contributed by atoms with van der Waals surface area (Å²) in [5.74, 6) is -0.154. The Morgan fingerprint density at radius 2 is 2.15 bits per heavy atom. The fraction of sp³-hybridized carbons (Fsp3) is 0.632. The lowest BCUT2D eigenvalue weighted by atomic mass is 9.84. The van der Waals surface area contributed by atoms with E-state index in [9.17, 15) is 8.78 Å². The molecule has 0 aromatic heterocycles. The fourth-order valence-electron chi connectivity index (χ4n) is 3.90. The Balaban J connectivity index is 1.53. The van der Waals surface area contributed by atoms with Crippen LogP contribution in [0.3, 0.4) is 0 Å². The van der Waals surface area contributed by atoms with Crippen LogP contribution in [0.2, 0.25) is 0 Å². The maximum atomic E-state index is 14.5. The maximum absolute atomic E-state index is 14.5. The number of nitrogens with one attached hydrogen (secondary N) is 2. The molecule has 0 amide bonds. The van der Waals surface area contributed by atoms with Gasteiger partial charge in [0.1, 0.15) is 11.8 Å². The molecule has 3 rings (SSSR count). The Kier molecular flexibility index (Phi) is 5.61. The topological polar surface area (TPSA) is 39.7 Å². The number of alkyl halides is 2. The van der Waals surface area contributed by atoms with E-state index in [2.05, 4.69) is 29.0 Å². The average molecular weight is 385 g/mol. The minimum atomic E-state index is -1.05. The van der Waals surface area contributed by atoms with Gasteiger partial charge in [-0.25, -0.2) is 8.78 Å². The van der Waals surface area contributed by atoms with Crippen molar-refractivity contribution >= 4 is 17.8 Å². The molecule has 0 aromatic rings. The van der Waals surface area contributed by atoms with Gasteiger partial charge in [0.05, 0.1) is 22.6 Å². The van der Waals surface area contributed by atoms with Crippen LogP contribution >= 0.6 is 11.6 Å². The van der Waals surface area contributed by atoms with Gasteiger partial charge in [-0.05, 0) is 39.0 Å². The van der Waals surface area contributed by atoms with Crippen molar-refractivity contribution < 1.29 is 8.78 Å². The second-order valence-electron chi connectivity index (χ2n) is 7.87. The zero-order valence-corrected chi connectivity index (χ0v) is 16.0. The van der Waals surface area contributed by atoms with Gasteiger partial charge in [-0.15, -0.1) is 0 Å². The Hall–Kier alpha value is -1.56. The first-order valence-electron chi connectivity index (χ1n) is 9.15. The van der Waals surface area contributed by atoms with Crippen LogP contribution in [0.15, 0.2) is 40.4 Å². The van der Waals surface area contributed by atoms with Crippen LogP contribution in [0.4, 0.5) is 8.78 Å². The molecule has 2 heterocycles. The van der Waals surface area contributed by atoms with E-state index in [-0.39, 0.29) is 18.5 Å². The third-order valence-electron chi connectivity index (χ3n) is 5.52. The largest absolute Gasteiger partial charge is 0.386 e. The van der Waals surface area contributed by atoms with Gasteiger partial charge in [-0.1, -0.05) is 24.8 Å². The highest BCUT2D eigenvalue weighted by atomic mass is 35.5. The molecule has 0 aromatic carbocycles. The zero-order chi connectivity index (χ0) is 18.9. The summed E-state index contributed by atoms with van der Waals surface area (Å²) in [5.41, 5.74) is 3.70. The first kappa shape index (κ1) is 19.2. The first-order valence-corrected chi connectivity index (χ1v) is 9.53. The van der Waals surface area contributed by atoms with Crippen molar-refractivity contribution in [3.05, 3.63) is 35.3 Å². The molecule has 2 atom stereocenters. The summed E-state index contributed by atoms with van der Waals surface area (Å²) in [7, 11) is 0. The molecule has 3 aliphatic rings. The monoisotopic (exact) mass is 384 g/mol. The molecule has 2 N–H and O–H groups in total. The van der Waals surface area contributed by atoms with E-state index in [0.29, 0.717) is 42.2 Å². The molecule has 2 aliphatic heterocycles. The molecule has 0 radical (unpaired) electrons. The van der Waals surface area contributed by atoms with Crippen LogP contribution in [0, 0.1) is 5.92 Å². The number of rotatable bonds is 5. The third-order valence-corrected chi connectivity index (χ3v) is 5.94. The van der Waals surface area contributed by atoms with E-state index in [1.165, 1.54) is 0 Å². The van der Waals surface area contributed by atoms with E-state index >= 15 is 0 Å². The average Bonchev–Trinajstić information content (AvgIpc) is 2.92. The van der Waals surface area contributed by atoms with Gasteiger partial charge < -0.3 is 10.2 Å². The summed E-state index contributed by atoms with van der Waals surface area (Å²) in [6.07, 6.45) is 3.90. The molecule has 2 unspecified atom stereocenters. The Morgan fingerprint density at radius 3 is 2.85 bits per heavy atom. The number of hydrogen-bond acceptors (Lipinski definition) is 4. The highest BCUT2D eigenvalue weighted by Crippen LogP contribution is 2.33. The standard InChI is InChI=1S/C19H27ClF2N4/c1-12(24-15-4-6-19(3,22)7-5-15)8-14-10-26(11-16(14)21)17-9-23-25-13(2)18(17)20/h9,14-16,24-25H,1-2,4-8,10-11H2,3H3. The second-order valence-corrected chi connectivity index (χ2v) is 8.25. The van der Waals surface area contributed by atoms with E-state index in [1.807, 2.05) is 4.90 Å². The Bertz CT molecular complexity index is 633. The van der Waals surface area contributed by atoms with Crippen molar-refractivity contribution in [3.8, 4) is 0 Å². The summed E-state index contributed by atoms with van der Waals surface area (Å²) in [6.45, 7) is 10.4. The summed E-state index contributed by atoms with van der Waals surface area (Å²) in [5, 5.41) is 7.85. The van der Waals surface area contributed by atoms with Crippen molar-refractivity contribution in [1.29, 1.82) is 0 Å². The van der Waals surface area contributed by atoms with Crippen molar-refractivity contribution in [3.63, 3.8) is 0 Å². The predicted octanol–water partition coefficient (Wildman–Crippen LogP) is 3.97. The van der Waals surface area contributed by atoms with Gasteiger partial charge in [0.25, 0.3) is 0 Å². The molecule has 1 aliphatic carbocycles. The highest BCUT2D eigenvalue weighted by Gasteiger charge is 2.36. The Labute approximate surface area is 159 Å². The van der Waals surface area contributed by atoms with Crippen LogP contribution in [0.1, 0.15) is 39.0 Å². The number of likely N-dealkylation sites (tertiary alicyclic amines) is 1. The number of hydrazone groups is 1. The molecular formula is C19H27ClF2N4. The van der Waals surface area contributed by atoms with Crippen LogP contribution in [0.25, 0.3) is 0 Å². The summed E-state index contributed by atoms with van der Waals surface area (Å²) in [4.78, 5) is 1.91. The molecule has 4 nitrogen and oxygen atoms in total. The van der Waals surface area contributed by atoms with Gasteiger partial charge in [0.15, 0.2) is 0 Å². The van der Waals surface area contributed by atoms with Crippen molar-refractivity contribution in [2.45, 2.75) is 56.9 Å². The van der Waals surface area contributed by atoms with Gasteiger partial charge in [0.2, 0.25) is 0 Å². The number of allylic oxidation sites excluding steroid dienone is 3. The lowest BCUT2D eigenvalue weighted by molar-refractivity contribution is 0.115. The summed E-state index contributed by atoms with van der Waals surface area (Å²) < 4.78 is 28.4. The normalized spacial score (nSPS) is 34.8. The molecule has 7 heteroatoms. The highest BCUT2D eigenvalue weighted by molar-refractivity contribution is 6.33. The maximum Gasteiger partial charge on any atom is 0.122 e. The van der Waals surface area contributed by atoms with Crippen LogP contribution in [-0.4, -0.2) is 42.1 Å². The molecule has 144 valence electrons. The van der Waals surface area contributed by atoms with Gasteiger partial charge in [-0.3, -0.25) is 5.43 Å². The fourth-order valence-corrected chi connectivity index (χ4v) is 4.11. The second kappa shape index (κ2) is 7.59. The molecule has 1 saturated carbocycles. The van der Waals surface area contributed by atoms with E-state index in [1.54, 1.807) is 13.1 Å². The van der Waals surface area contributed by atoms with E-state index in [4.69, 9.17) is 11.6 Å². The quantitative estimate of drug-likeness (QED) is 0.753. The first-order chi connectivity index (χ1) is 12.2. The number of halogens is 3. The lowest BCUT2D eigenvalue weighted by Crippen LogP contribution is -2.37. The van der Waals surface area contributed by atoms with E-state index < -0.39 is 11.8 Å². The predicted molar refractivity (Wildman–Crippen MR) is 102 cm³/mol. The van der Waals surface area contributed by atoms with Crippen molar-refractivity contribution in [2.24, 2.45) is 11.0 Å². The Morgan fingerprint density at radius 1 is 1.46 bits per heavy atom. The zero-order valence-electron chi connectivity index (χ0n) is 15.2. The molecule has 26 heavy (non-hydrogen) atoms. The SMILES string of the molecule is C=C(CC1CN(C2=C(Cl)C(=C)NN=C2)CC1F)NC1CCC(C)(F)CC1. The molecule has 0 spiro atoms.